The third-order valence-corrected chi connectivity index (χ3v) is 7.75. The van der Waals surface area contributed by atoms with Gasteiger partial charge in [-0.3, -0.25) is 0 Å². The molecule has 4 rings (SSSR count). The van der Waals surface area contributed by atoms with Gasteiger partial charge in [0, 0.05) is 5.41 Å². The van der Waals surface area contributed by atoms with Gasteiger partial charge in [-0.2, -0.15) is 0 Å². The lowest BCUT2D eigenvalue weighted by atomic mass is 9.71. The summed E-state index contributed by atoms with van der Waals surface area (Å²) in [7, 11) is 0. The number of hydrogen-bond donors (Lipinski definition) is 0. The molecule has 0 saturated heterocycles. The van der Waals surface area contributed by atoms with Crippen LogP contribution in [-0.2, 0) is 27.1 Å². The smallest absolute Gasteiger partial charge is 0.0225 e. The first-order valence-electron chi connectivity index (χ1n) is 11.4. The Labute approximate surface area is 179 Å². The van der Waals surface area contributed by atoms with Crippen LogP contribution in [0.25, 0.3) is 0 Å². The van der Waals surface area contributed by atoms with Crippen molar-refractivity contribution in [2.75, 3.05) is 0 Å². The molecule has 0 saturated carbocycles. The zero-order chi connectivity index (χ0) is 21.6. The van der Waals surface area contributed by atoms with Crippen molar-refractivity contribution >= 4 is 0 Å². The summed E-state index contributed by atoms with van der Waals surface area (Å²) in [5.41, 5.74) is 10.2. The summed E-state index contributed by atoms with van der Waals surface area (Å²) in [6.07, 6.45) is 2.43. The van der Waals surface area contributed by atoms with E-state index in [9.17, 15) is 0 Å². The molecule has 0 amide bonds. The summed E-state index contributed by atoms with van der Waals surface area (Å²) in [4.78, 5) is 0. The van der Waals surface area contributed by atoms with E-state index in [1.54, 1.807) is 22.3 Å². The molecule has 0 unspecified atom stereocenters. The predicted molar refractivity (Wildman–Crippen MR) is 126 cm³/mol. The fourth-order valence-corrected chi connectivity index (χ4v) is 6.28. The van der Waals surface area contributed by atoms with Crippen LogP contribution in [-0.4, -0.2) is 0 Å². The average Bonchev–Trinajstić information content (AvgIpc) is 2.93. The van der Waals surface area contributed by atoms with Crippen LogP contribution in [0.4, 0.5) is 0 Å². The summed E-state index contributed by atoms with van der Waals surface area (Å²) in [5, 5.41) is 0. The minimum atomic E-state index is 0.139. The van der Waals surface area contributed by atoms with Gasteiger partial charge in [-0.1, -0.05) is 106 Å². The second-order valence-electron chi connectivity index (χ2n) is 13.2. The standard InChI is InChI=1S/C29H40/c1-25(2,3)19-11-13-21-23(15-19)29(17-27(21,7)8)18-28(9,10)22-14-12-20(16-24(22)29)26(4,5)6/h11-16H,17-18H2,1-10H3. The second-order valence-corrected chi connectivity index (χ2v) is 13.2. The highest BCUT2D eigenvalue weighted by Gasteiger charge is 2.56. The monoisotopic (exact) mass is 388 g/mol. The van der Waals surface area contributed by atoms with Crippen molar-refractivity contribution in [2.24, 2.45) is 0 Å². The van der Waals surface area contributed by atoms with Crippen LogP contribution in [0.3, 0.4) is 0 Å². The Bertz CT molecular complexity index is 889. The van der Waals surface area contributed by atoms with E-state index >= 15 is 0 Å². The van der Waals surface area contributed by atoms with Crippen molar-refractivity contribution in [3.05, 3.63) is 69.8 Å². The highest BCUT2D eigenvalue weighted by atomic mass is 14.6. The molecule has 0 radical (unpaired) electrons. The predicted octanol–water partition coefficient (Wildman–Crippen LogP) is 7.93. The highest BCUT2D eigenvalue weighted by Crippen LogP contribution is 2.63. The van der Waals surface area contributed by atoms with Gasteiger partial charge in [0.25, 0.3) is 0 Å². The summed E-state index contributed by atoms with van der Waals surface area (Å²) in [6, 6.07) is 14.8. The minimum Gasteiger partial charge on any atom is -0.0582 e. The second kappa shape index (κ2) is 5.77. The van der Waals surface area contributed by atoms with E-state index in [2.05, 4.69) is 106 Å². The third kappa shape index (κ3) is 3.01. The third-order valence-electron chi connectivity index (χ3n) is 7.75. The van der Waals surface area contributed by atoms with Crippen LogP contribution in [0.5, 0.6) is 0 Å². The van der Waals surface area contributed by atoms with Crippen LogP contribution in [0.2, 0.25) is 0 Å². The molecule has 2 aromatic carbocycles. The molecule has 0 bridgehead atoms. The van der Waals surface area contributed by atoms with E-state index in [0.29, 0.717) is 0 Å². The molecule has 0 atom stereocenters. The van der Waals surface area contributed by atoms with Crippen molar-refractivity contribution < 1.29 is 0 Å². The normalized spacial score (nSPS) is 21.3. The molecular formula is C29H40. The molecule has 29 heavy (non-hydrogen) atoms. The topological polar surface area (TPSA) is 0 Å². The van der Waals surface area contributed by atoms with Gasteiger partial charge in [-0.15, -0.1) is 0 Å². The summed E-state index contributed by atoms with van der Waals surface area (Å²) < 4.78 is 0. The highest BCUT2D eigenvalue weighted by molar-refractivity contribution is 5.61. The van der Waals surface area contributed by atoms with Gasteiger partial charge in [0.1, 0.15) is 0 Å². The molecule has 2 aliphatic rings. The molecular weight excluding hydrogens is 348 g/mol. The zero-order valence-corrected chi connectivity index (χ0v) is 20.4. The molecule has 0 heteroatoms. The van der Waals surface area contributed by atoms with Crippen LogP contribution >= 0.6 is 0 Å². The fraction of sp³-hybridized carbons (Fsp3) is 0.586. The summed E-state index contributed by atoms with van der Waals surface area (Å²) >= 11 is 0. The Morgan fingerprint density at radius 1 is 0.552 bits per heavy atom. The number of benzene rings is 2. The molecule has 2 aliphatic carbocycles. The van der Waals surface area contributed by atoms with Crippen molar-refractivity contribution in [3.8, 4) is 0 Å². The lowest BCUT2D eigenvalue weighted by molar-refractivity contribution is 0.349. The summed E-state index contributed by atoms with van der Waals surface area (Å²) in [5.74, 6) is 0. The average molecular weight is 389 g/mol. The Morgan fingerprint density at radius 2 is 0.897 bits per heavy atom. The Morgan fingerprint density at radius 3 is 1.21 bits per heavy atom. The van der Waals surface area contributed by atoms with Crippen molar-refractivity contribution in [2.45, 2.75) is 109 Å². The quantitative estimate of drug-likeness (QED) is 0.430. The molecule has 156 valence electrons. The van der Waals surface area contributed by atoms with E-state index < -0.39 is 0 Å². The largest absolute Gasteiger partial charge is 0.0582 e. The maximum Gasteiger partial charge on any atom is 0.0225 e. The SMILES string of the molecule is CC(C)(C)c1ccc2c(c1)C1(CC2(C)C)CC(C)(C)c2ccc(C(C)(C)C)cc21. The van der Waals surface area contributed by atoms with Crippen LogP contribution in [0.15, 0.2) is 36.4 Å². The van der Waals surface area contributed by atoms with Gasteiger partial charge in [0.2, 0.25) is 0 Å². The molecule has 0 aliphatic heterocycles. The van der Waals surface area contributed by atoms with E-state index in [4.69, 9.17) is 0 Å². The van der Waals surface area contributed by atoms with Gasteiger partial charge < -0.3 is 0 Å². The minimum absolute atomic E-state index is 0.139. The van der Waals surface area contributed by atoms with E-state index in [-0.39, 0.29) is 27.1 Å². The van der Waals surface area contributed by atoms with Crippen molar-refractivity contribution in [3.63, 3.8) is 0 Å². The van der Waals surface area contributed by atoms with Gasteiger partial charge >= 0.3 is 0 Å². The van der Waals surface area contributed by atoms with Gasteiger partial charge in [-0.25, -0.2) is 0 Å². The molecule has 2 aromatic rings. The molecule has 0 heterocycles. The summed E-state index contributed by atoms with van der Waals surface area (Å²) in [6.45, 7) is 23.9. The fourth-order valence-electron chi connectivity index (χ4n) is 6.28. The Hall–Kier alpha value is -1.56. The van der Waals surface area contributed by atoms with E-state index in [1.807, 2.05) is 0 Å². The molecule has 0 fully saturated rings. The lowest BCUT2D eigenvalue weighted by Gasteiger charge is -2.32. The molecule has 1 spiro atoms. The molecule has 0 nitrogen and oxygen atoms in total. The first-order chi connectivity index (χ1) is 13.1. The van der Waals surface area contributed by atoms with Gasteiger partial charge in [0.15, 0.2) is 0 Å². The van der Waals surface area contributed by atoms with Crippen LogP contribution in [0.1, 0.15) is 115 Å². The van der Waals surface area contributed by atoms with Gasteiger partial charge in [-0.05, 0) is 67.9 Å². The van der Waals surface area contributed by atoms with E-state index in [0.717, 1.165) is 0 Å². The number of hydrogen-bond acceptors (Lipinski definition) is 0. The Balaban J connectivity index is 2.03. The zero-order valence-electron chi connectivity index (χ0n) is 20.4. The number of fused-ring (bicyclic) bond motifs is 4. The van der Waals surface area contributed by atoms with Gasteiger partial charge in [0.05, 0.1) is 0 Å². The van der Waals surface area contributed by atoms with E-state index in [1.165, 1.54) is 24.0 Å². The van der Waals surface area contributed by atoms with Crippen LogP contribution < -0.4 is 0 Å². The number of rotatable bonds is 0. The first-order valence-corrected chi connectivity index (χ1v) is 11.4. The first kappa shape index (κ1) is 20.7. The van der Waals surface area contributed by atoms with Crippen LogP contribution in [0, 0.1) is 0 Å². The maximum atomic E-state index is 2.57. The molecule has 0 N–H and O–H groups in total. The maximum absolute atomic E-state index is 2.57. The Kier molecular flexibility index (Phi) is 4.12. The molecule has 0 aromatic heterocycles. The van der Waals surface area contributed by atoms with Crippen molar-refractivity contribution in [1.29, 1.82) is 0 Å². The lowest BCUT2D eigenvalue weighted by Crippen LogP contribution is -2.27. The van der Waals surface area contributed by atoms with Crippen molar-refractivity contribution in [1.82, 2.24) is 0 Å².